The van der Waals surface area contributed by atoms with Crippen LogP contribution in [-0.2, 0) is 0 Å². The van der Waals surface area contributed by atoms with Gasteiger partial charge in [0.1, 0.15) is 22.1 Å². The molecule has 1 aromatic heterocycles. The minimum absolute atomic E-state index is 0.329. The monoisotopic (exact) mass is 335 g/mol. The number of aromatic nitrogens is 2. The Labute approximate surface area is 139 Å². The Morgan fingerprint density at radius 1 is 1.26 bits per heavy atom. The number of methoxy groups -OCH3 is 2. The molecule has 2 rings (SSSR count). The van der Waals surface area contributed by atoms with Gasteiger partial charge in [-0.2, -0.15) is 0 Å². The second kappa shape index (κ2) is 7.92. The fourth-order valence-corrected chi connectivity index (χ4v) is 3.10. The normalized spacial score (nSPS) is 11.8. The molecule has 1 N–H and O–H groups in total. The first kappa shape index (κ1) is 17.2. The molecule has 0 spiro atoms. The van der Waals surface area contributed by atoms with Gasteiger partial charge in [-0.15, -0.1) is 10.2 Å². The van der Waals surface area contributed by atoms with E-state index in [1.54, 1.807) is 18.2 Å². The van der Waals surface area contributed by atoms with Gasteiger partial charge in [0, 0.05) is 5.92 Å². The van der Waals surface area contributed by atoms with Gasteiger partial charge in [-0.05, 0) is 18.6 Å². The van der Waals surface area contributed by atoms with Crippen LogP contribution in [0, 0.1) is 0 Å². The van der Waals surface area contributed by atoms with E-state index in [9.17, 15) is 4.79 Å². The Bertz CT molecular complexity index is 650. The summed E-state index contributed by atoms with van der Waals surface area (Å²) in [5.41, 5.74) is 0.343. The molecule has 0 radical (unpaired) electrons. The first-order chi connectivity index (χ1) is 11.1. The van der Waals surface area contributed by atoms with E-state index in [0.29, 0.717) is 28.1 Å². The van der Waals surface area contributed by atoms with Crippen molar-refractivity contribution in [3.8, 4) is 11.5 Å². The van der Waals surface area contributed by atoms with Gasteiger partial charge in [-0.25, -0.2) is 0 Å². The average molecular weight is 335 g/mol. The molecule has 0 bridgehead atoms. The van der Waals surface area contributed by atoms with Crippen molar-refractivity contribution in [1.29, 1.82) is 0 Å². The molecule has 23 heavy (non-hydrogen) atoms. The van der Waals surface area contributed by atoms with Crippen LogP contribution in [0.3, 0.4) is 0 Å². The van der Waals surface area contributed by atoms with Crippen molar-refractivity contribution < 1.29 is 14.3 Å². The van der Waals surface area contributed by atoms with Crippen LogP contribution in [0.2, 0.25) is 0 Å². The van der Waals surface area contributed by atoms with Crippen molar-refractivity contribution in [2.45, 2.75) is 32.6 Å². The maximum Gasteiger partial charge on any atom is 0.265 e. The first-order valence-electron chi connectivity index (χ1n) is 7.46. The summed E-state index contributed by atoms with van der Waals surface area (Å²) in [6.45, 7) is 4.24. The fourth-order valence-electron chi connectivity index (χ4n) is 2.28. The van der Waals surface area contributed by atoms with Crippen LogP contribution >= 0.6 is 11.3 Å². The van der Waals surface area contributed by atoms with E-state index >= 15 is 0 Å². The molecule has 2 aromatic rings. The van der Waals surface area contributed by atoms with Gasteiger partial charge in [-0.1, -0.05) is 37.7 Å². The Hall–Kier alpha value is -2.15. The number of rotatable bonds is 7. The van der Waals surface area contributed by atoms with Crippen LogP contribution in [0.15, 0.2) is 18.2 Å². The number of nitrogens with one attached hydrogen (secondary N) is 1. The maximum absolute atomic E-state index is 12.5. The summed E-state index contributed by atoms with van der Waals surface area (Å²) in [5.74, 6) is 0.908. The quantitative estimate of drug-likeness (QED) is 0.835. The van der Waals surface area contributed by atoms with Crippen molar-refractivity contribution in [3.63, 3.8) is 0 Å². The molecule has 1 atom stereocenters. The number of anilines is 1. The van der Waals surface area contributed by atoms with E-state index < -0.39 is 0 Å². The fraction of sp³-hybridized carbons (Fsp3) is 0.438. The van der Waals surface area contributed by atoms with E-state index in [2.05, 4.69) is 29.4 Å². The lowest BCUT2D eigenvalue weighted by atomic mass is 10.1. The van der Waals surface area contributed by atoms with Gasteiger partial charge >= 0.3 is 0 Å². The SMILES string of the molecule is CCC[C@@H](C)c1nnc(NC(=O)c2c(OC)cccc2OC)s1. The number of nitrogens with zero attached hydrogens (tertiary/aromatic N) is 2. The molecule has 1 aromatic carbocycles. The van der Waals surface area contributed by atoms with Crippen molar-refractivity contribution in [3.05, 3.63) is 28.8 Å². The summed E-state index contributed by atoms with van der Waals surface area (Å²) in [5, 5.41) is 12.4. The smallest absolute Gasteiger partial charge is 0.265 e. The number of carbonyl (C=O) groups is 1. The number of hydrogen-bond donors (Lipinski definition) is 1. The lowest BCUT2D eigenvalue weighted by molar-refractivity contribution is 0.102. The Morgan fingerprint density at radius 3 is 2.48 bits per heavy atom. The first-order valence-corrected chi connectivity index (χ1v) is 8.28. The molecular formula is C16H21N3O3S. The number of carbonyl (C=O) groups excluding carboxylic acids is 1. The number of ether oxygens (including phenoxy) is 2. The number of benzene rings is 1. The molecule has 0 saturated carbocycles. The molecule has 6 nitrogen and oxygen atoms in total. The van der Waals surface area contributed by atoms with Crippen molar-refractivity contribution in [2.24, 2.45) is 0 Å². The van der Waals surface area contributed by atoms with Crippen molar-refractivity contribution in [1.82, 2.24) is 10.2 Å². The molecule has 0 aliphatic rings. The summed E-state index contributed by atoms with van der Waals surface area (Å²) in [7, 11) is 3.03. The molecule has 0 aliphatic carbocycles. The molecular weight excluding hydrogens is 314 g/mol. The predicted octanol–water partition coefficient (Wildman–Crippen LogP) is 3.71. The van der Waals surface area contributed by atoms with Gasteiger partial charge in [0.2, 0.25) is 5.13 Å². The summed E-state index contributed by atoms with van der Waals surface area (Å²) < 4.78 is 10.5. The highest BCUT2D eigenvalue weighted by atomic mass is 32.1. The summed E-state index contributed by atoms with van der Waals surface area (Å²) in [6, 6.07) is 5.20. The molecule has 0 aliphatic heterocycles. The largest absolute Gasteiger partial charge is 0.496 e. The standard InChI is InChI=1S/C16H21N3O3S/c1-5-7-10(2)15-18-19-16(23-15)17-14(20)13-11(21-3)8-6-9-12(13)22-4/h6,8-10H,5,7H2,1-4H3,(H,17,19,20)/t10-/m1/s1. The Balaban J connectivity index is 2.20. The minimum atomic E-state index is -0.329. The van der Waals surface area contributed by atoms with Crippen molar-refractivity contribution in [2.75, 3.05) is 19.5 Å². The topological polar surface area (TPSA) is 73.3 Å². The molecule has 1 amide bonds. The van der Waals surface area contributed by atoms with E-state index in [4.69, 9.17) is 9.47 Å². The lowest BCUT2D eigenvalue weighted by Gasteiger charge is -2.11. The van der Waals surface area contributed by atoms with E-state index in [1.807, 2.05) is 0 Å². The second-order valence-corrected chi connectivity index (χ2v) is 6.14. The average Bonchev–Trinajstić information content (AvgIpc) is 3.02. The van der Waals surface area contributed by atoms with E-state index in [-0.39, 0.29) is 5.91 Å². The van der Waals surface area contributed by atoms with Crippen LogP contribution in [-0.4, -0.2) is 30.3 Å². The second-order valence-electron chi connectivity index (χ2n) is 5.13. The zero-order valence-corrected chi connectivity index (χ0v) is 14.6. The third kappa shape index (κ3) is 3.98. The maximum atomic E-state index is 12.5. The third-order valence-electron chi connectivity index (χ3n) is 3.46. The molecule has 1 heterocycles. The number of hydrogen-bond acceptors (Lipinski definition) is 6. The van der Waals surface area contributed by atoms with Gasteiger partial charge in [0.25, 0.3) is 5.91 Å². The van der Waals surface area contributed by atoms with Gasteiger partial charge in [-0.3, -0.25) is 10.1 Å². The van der Waals surface area contributed by atoms with Crippen molar-refractivity contribution >= 4 is 22.4 Å². The van der Waals surface area contributed by atoms with Gasteiger partial charge in [0.05, 0.1) is 14.2 Å². The van der Waals surface area contributed by atoms with E-state index in [1.165, 1.54) is 25.6 Å². The van der Waals surface area contributed by atoms with Crippen LogP contribution < -0.4 is 14.8 Å². The summed E-state index contributed by atoms with van der Waals surface area (Å²) in [6.07, 6.45) is 2.13. The minimum Gasteiger partial charge on any atom is -0.496 e. The highest BCUT2D eigenvalue weighted by molar-refractivity contribution is 7.15. The van der Waals surface area contributed by atoms with Gasteiger partial charge in [0.15, 0.2) is 0 Å². The third-order valence-corrected chi connectivity index (χ3v) is 4.53. The summed E-state index contributed by atoms with van der Waals surface area (Å²) in [4.78, 5) is 12.5. The van der Waals surface area contributed by atoms with Crippen LogP contribution in [0.4, 0.5) is 5.13 Å². The lowest BCUT2D eigenvalue weighted by Crippen LogP contribution is -2.14. The molecule has 0 unspecified atom stereocenters. The molecule has 124 valence electrons. The summed E-state index contributed by atoms with van der Waals surface area (Å²) >= 11 is 1.40. The Morgan fingerprint density at radius 2 is 1.91 bits per heavy atom. The molecule has 7 heteroatoms. The van der Waals surface area contributed by atoms with Crippen LogP contribution in [0.25, 0.3) is 0 Å². The zero-order chi connectivity index (χ0) is 16.8. The number of amides is 1. The highest BCUT2D eigenvalue weighted by Gasteiger charge is 2.20. The highest BCUT2D eigenvalue weighted by Crippen LogP contribution is 2.30. The van der Waals surface area contributed by atoms with Crippen LogP contribution in [0.5, 0.6) is 11.5 Å². The van der Waals surface area contributed by atoms with Crippen LogP contribution in [0.1, 0.15) is 48.0 Å². The van der Waals surface area contributed by atoms with E-state index in [0.717, 1.165) is 17.8 Å². The molecule has 0 saturated heterocycles. The zero-order valence-electron chi connectivity index (χ0n) is 13.8. The predicted molar refractivity (Wildman–Crippen MR) is 90.7 cm³/mol. The molecule has 0 fully saturated rings. The van der Waals surface area contributed by atoms with Gasteiger partial charge < -0.3 is 9.47 Å². The Kier molecular flexibility index (Phi) is 5.92.